The van der Waals surface area contributed by atoms with Crippen LogP contribution in [0.4, 0.5) is 17.1 Å². The lowest BCUT2D eigenvalue weighted by Crippen LogP contribution is -2.14. The van der Waals surface area contributed by atoms with E-state index in [-0.39, 0.29) is 5.41 Å². The molecule has 0 saturated carbocycles. The van der Waals surface area contributed by atoms with Crippen LogP contribution in [0.25, 0.3) is 22.3 Å². The highest BCUT2D eigenvalue weighted by Gasteiger charge is 2.22. The third-order valence-electron chi connectivity index (χ3n) is 7.57. The van der Waals surface area contributed by atoms with Gasteiger partial charge in [0.15, 0.2) is 0 Å². The van der Waals surface area contributed by atoms with Crippen molar-refractivity contribution in [3.8, 4) is 33.8 Å². The van der Waals surface area contributed by atoms with Crippen molar-refractivity contribution in [3.05, 3.63) is 161 Å². The Bertz CT molecular complexity index is 1880. The molecule has 0 aliphatic rings. The molecule has 6 aromatic carbocycles. The van der Waals surface area contributed by atoms with Crippen molar-refractivity contribution >= 4 is 44.6 Å². The molecule has 0 heterocycles. The van der Waals surface area contributed by atoms with Crippen LogP contribution in [0.2, 0.25) is 5.02 Å². The van der Waals surface area contributed by atoms with Crippen molar-refractivity contribution in [2.24, 2.45) is 0 Å². The van der Waals surface area contributed by atoms with Gasteiger partial charge in [0.1, 0.15) is 11.5 Å². The number of ether oxygens (including phenoxy) is 1. The van der Waals surface area contributed by atoms with Crippen molar-refractivity contribution < 1.29 is 4.74 Å². The predicted molar refractivity (Wildman–Crippen MR) is 190 cm³/mol. The zero-order valence-electron chi connectivity index (χ0n) is 25.0. The molecule has 0 saturated heterocycles. The van der Waals surface area contributed by atoms with Gasteiger partial charge < -0.3 is 9.64 Å². The van der Waals surface area contributed by atoms with Crippen molar-refractivity contribution in [2.45, 2.75) is 26.2 Å². The summed E-state index contributed by atoms with van der Waals surface area (Å²) in [5.74, 6) is 1.38. The maximum atomic E-state index is 6.32. The van der Waals surface area contributed by atoms with Crippen LogP contribution in [0, 0.1) is 0 Å². The van der Waals surface area contributed by atoms with Crippen LogP contribution in [0.1, 0.15) is 26.3 Å². The summed E-state index contributed by atoms with van der Waals surface area (Å²) in [4.78, 5) is 2.30. The van der Waals surface area contributed by atoms with E-state index in [9.17, 15) is 0 Å². The van der Waals surface area contributed by atoms with Gasteiger partial charge in [-0.25, -0.2) is 0 Å². The van der Waals surface area contributed by atoms with E-state index in [0.717, 1.165) is 32.7 Å². The molecule has 2 nitrogen and oxygen atoms in total. The maximum absolute atomic E-state index is 6.32. The van der Waals surface area contributed by atoms with E-state index in [1.807, 2.05) is 36.4 Å². The Labute approximate surface area is 273 Å². The molecule has 0 amide bonds. The Morgan fingerprint density at radius 3 is 1.89 bits per heavy atom. The quantitative estimate of drug-likeness (QED) is 0.169. The molecule has 0 aliphatic heterocycles. The highest BCUT2D eigenvalue weighted by molar-refractivity contribution is 9.10. The third-order valence-corrected chi connectivity index (χ3v) is 8.26. The summed E-state index contributed by atoms with van der Waals surface area (Å²) in [6, 6.07) is 50.3. The minimum atomic E-state index is -0.00202. The smallest absolute Gasteiger partial charge is 0.130 e. The molecule has 0 unspecified atom stereocenters. The van der Waals surface area contributed by atoms with E-state index in [2.05, 4.69) is 151 Å². The van der Waals surface area contributed by atoms with E-state index in [4.69, 9.17) is 16.3 Å². The third kappa shape index (κ3) is 6.75. The lowest BCUT2D eigenvalue weighted by atomic mass is 9.84. The van der Waals surface area contributed by atoms with E-state index >= 15 is 0 Å². The van der Waals surface area contributed by atoms with Crippen molar-refractivity contribution in [3.63, 3.8) is 0 Å². The number of rotatable bonds is 7. The fourth-order valence-corrected chi connectivity index (χ4v) is 5.95. The van der Waals surface area contributed by atoms with Gasteiger partial charge in [-0.1, -0.05) is 133 Å². The first-order valence-electron chi connectivity index (χ1n) is 14.6. The van der Waals surface area contributed by atoms with Crippen molar-refractivity contribution in [2.75, 3.05) is 4.90 Å². The zero-order valence-corrected chi connectivity index (χ0v) is 27.3. The predicted octanol–water partition coefficient (Wildman–Crippen LogP) is 13.0. The Morgan fingerprint density at radius 2 is 1.23 bits per heavy atom. The normalized spacial score (nSPS) is 11.3. The van der Waals surface area contributed by atoms with Crippen LogP contribution in [0.15, 0.2) is 150 Å². The highest BCUT2D eigenvalue weighted by atomic mass is 79.9. The van der Waals surface area contributed by atoms with Gasteiger partial charge in [-0.05, 0) is 82.3 Å². The summed E-state index contributed by atoms with van der Waals surface area (Å²) in [5.41, 5.74) is 9.01. The monoisotopic (exact) mass is 657 g/mol. The molecule has 0 bridgehead atoms. The molecule has 0 spiro atoms. The van der Waals surface area contributed by atoms with Crippen LogP contribution < -0.4 is 9.64 Å². The first-order chi connectivity index (χ1) is 21.2. The molecule has 44 heavy (non-hydrogen) atoms. The largest absolute Gasteiger partial charge is 0.457 e. The topological polar surface area (TPSA) is 12.5 Å². The Balaban J connectivity index is 1.54. The van der Waals surface area contributed by atoms with E-state index in [1.54, 1.807) is 0 Å². The number of hydrogen-bond donors (Lipinski definition) is 0. The second kappa shape index (κ2) is 12.7. The first kappa shape index (κ1) is 29.7. The molecule has 0 aliphatic carbocycles. The summed E-state index contributed by atoms with van der Waals surface area (Å²) in [5, 5.41) is 0.629. The maximum Gasteiger partial charge on any atom is 0.130 e. The van der Waals surface area contributed by atoms with E-state index in [0.29, 0.717) is 16.5 Å². The second-order valence-corrected chi connectivity index (χ2v) is 13.2. The fraction of sp³-hybridized carbons (Fsp3) is 0.100. The van der Waals surface area contributed by atoms with Crippen LogP contribution in [-0.4, -0.2) is 0 Å². The molecule has 0 atom stereocenters. The first-order valence-corrected chi connectivity index (χ1v) is 15.8. The molecule has 0 N–H and O–H groups in total. The van der Waals surface area contributed by atoms with Crippen molar-refractivity contribution in [1.82, 2.24) is 0 Å². The highest BCUT2D eigenvalue weighted by Crippen LogP contribution is 2.45. The van der Waals surface area contributed by atoms with Gasteiger partial charge >= 0.3 is 0 Å². The molecule has 6 rings (SSSR count). The lowest BCUT2D eigenvalue weighted by molar-refractivity contribution is 0.482. The number of halogens is 2. The number of anilines is 3. The van der Waals surface area contributed by atoms with E-state index in [1.165, 1.54) is 16.7 Å². The van der Waals surface area contributed by atoms with Gasteiger partial charge in [0.25, 0.3) is 0 Å². The van der Waals surface area contributed by atoms with Gasteiger partial charge in [0, 0.05) is 26.8 Å². The molecule has 4 heteroatoms. The lowest BCUT2D eigenvalue weighted by Gasteiger charge is -2.30. The molecular formula is C40H33BrClNO. The Kier molecular flexibility index (Phi) is 8.61. The number of nitrogens with zero attached hydrogens (tertiary/aromatic N) is 1. The van der Waals surface area contributed by atoms with Gasteiger partial charge in [-0.2, -0.15) is 0 Å². The van der Waals surface area contributed by atoms with Crippen LogP contribution in [-0.2, 0) is 5.41 Å². The van der Waals surface area contributed by atoms with Crippen LogP contribution in [0.3, 0.4) is 0 Å². The number of hydrogen-bond acceptors (Lipinski definition) is 2. The molecule has 0 aromatic heterocycles. The molecule has 0 radical (unpaired) electrons. The van der Waals surface area contributed by atoms with Gasteiger partial charge in [0.2, 0.25) is 0 Å². The van der Waals surface area contributed by atoms with E-state index < -0.39 is 0 Å². The Morgan fingerprint density at radius 1 is 0.568 bits per heavy atom. The summed E-state index contributed by atoms with van der Waals surface area (Å²) < 4.78 is 7.22. The zero-order chi connectivity index (χ0) is 30.7. The average molecular weight is 659 g/mol. The summed E-state index contributed by atoms with van der Waals surface area (Å²) in [6.07, 6.45) is 0. The van der Waals surface area contributed by atoms with Crippen LogP contribution in [0.5, 0.6) is 11.5 Å². The van der Waals surface area contributed by atoms with Gasteiger partial charge in [-0.15, -0.1) is 0 Å². The van der Waals surface area contributed by atoms with Gasteiger partial charge in [-0.3, -0.25) is 0 Å². The Hall–Kier alpha value is -4.31. The number of benzene rings is 6. The summed E-state index contributed by atoms with van der Waals surface area (Å²) >= 11 is 10.0. The van der Waals surface area contributed by atoms with Crippen molar-refractivity contribution in [1.29, 1.82) is 0 Å². The molecular weight excluding hydrogens is 626 g/mol. The molecule has 0 fully saturated rings. The summed E-state index contributed by atoms with van der Waals surface area (Å²) in [7, 11) is 0. The fourth-order valence-electron chi connectivity index (χ4n) is 5.31. The van der Waals surface area contributed by atoms with Crippen LogP contribution >= 0.6 is 27.5 Å². The average Bonchev–Trinajstić information content (AvgIpc) is 3.02. The SMILES string of the molecule is CC(C)(C)c1ccc(N(c2ccc(-c3ccccc3)cc2)c2cc(Br)cc(Oc3cccc(Cl)c3)c2)c(-c2ccccc2)c1. The molecule has 6 aromatic rings. The summed E-state index contributed by atoms with van der Waals surface area (Å²) in [6.45, 7) is 6.76. The second-order valence-electron chi connectivity index (χ2n) is 11.8. The van der Waals surface area contributed by atoms with Gasteiger partial charge in [0.05, 0.1) is 11.4 Å². The molecule has 218 valence electrons. The minimum absolute atomic E-state index is 0.00202. The standard InChI is InChI=1S/C40H33BrClNO/c1-40(2,3)31-19-22-39(38(23-31)30-13-8-5-9-14-30)43(34-20-17-29(18-21-34)28-11-6-4-7-12-28)35-24-32(41)25-37(27-35)44-36-16-10-15-33(42)26-36/h4-27H,1-3H3. The minimum Gasteiger partial charge on any atom is -0.457 e.